The summed E-state index contributed by atoms with van der Waals surface area (Å²) in [7, 11) is 3.65. The van der Waals surface area contributed by atoms with Crippen LogP contribution in [0.25, 0.3) is 10.9 Å². The number of aromatic nitrogens is 1. The second-order valence-electron chi connectivity index (χ2n) is 12.9. The number of aryl methyl sites for hydroxylation is 1. The van der Waals surface area contributed by atoms with Crippen LogP contribution in [-0.4, -0.2) is 114 Å². The van der Waals surface area contributed by atoms with E-state index in [0.29, 0.717) is 6.42 Å². The fraction of sp³-hybridized carbons (Fsp3) is 0.421. The maximum Gasteiger partial charge on any atom is 0.268 e. The average molecular weight is 842 g/mol. The smallest absolute Gasteiger partial charge is 0.268 e. The molecule has 7 amide bonds. The van der Waals surface area contributed by atoms with Crippen LogP contribution in [0.2, 0.25) is 0 Å². The van der Waals surface area contributed by atoms with Crippen molar-refractivity contribution in [3.8, 4) is 0 Å². The SMILES string of the molecule is CC(=O)NC1CSSCC(C(N)=O)NC(=O)CNC(=O)CNC(=O)C(=CCC2=CCCC=C2)N(C)C(=O)CNC1=O.CCCN=C(N)N.Cc1c[nH]c2ccccc12. The summed E-state index contributed by atoms with van der Waals surface area (Å²) in [6.45, 7) is 4.68. The molecule has 1 saturated heterocycles. The Hall–Kier alpha value is -5.76. The molecule has 316 valence electrons. The van der Waals surface area contributed by atoms with Gasteiger partial charge in [0.25, 0.3) is 5.91 Å². The number of nitrogens with one attached hydrogen (secondary N) is 6. The van der Waals surface area contributed by atoms with E-state index < -0.39 is 73.1 Å². The number of hydrogen-bond acceptors (Lipinski definition) is 10. The van der Waals surface area contributed by atoms with E-state index in [1.165, 1.54) is 30.4 Å². The quantitative estimate of drug-likeness (QED) is 0.0829. The van der Waals surface area contributed by atoms with Crippen LogP contribution in [0.1, 0.15) is 45.1 Å². The molecular formula is C38H55N11O7S2. The van der Waals surface area contributed by atoms with Gasteiger partial charge < -0.3 is 53.7 Å². The minimum absolute atomic E-state index is 0.0428. The molecule has 0 saturated carbocycles. The predicted octanol–water partition coefficient (Wildman–Crippen LogP) is 0.360. The number of fused-ring (bicyclic) bond motifs is 1. The number of aromatic amines is 1. The number of amides is 7. The fourth-order valence-corrected chi connectivity index (χ4v) is 7.35. The minimum Gasteiger partial charge on any atom is -0.370 e. The molecule has 2 unspecified atom stereocenters. The lowest BCUT2D eigenvalue weighted by atomic mass is 10.0. The Morgan fingerprint density at radius 2 is 1.67 bits per heavy atom. The summed E-state index contributed by atoms with van der Waals surface area (Å²) in [5, 5.41) is 13.5. The number of primary amides is 1. The van der Waals surface area contributed by atoms with Gasteiger partial charge in [0.05, 0.1) is 19.6 Å². The maximum atomic E-state index is 13.0. The molecule has 1 aromatic heterocycles. The van der Waals surface area contributed by atoms with E-state index in [1.807, 2.05) is 37.4 Å². The van der Waals surface area contributed by atoms with Crippen LogP contribution in [0.15, 0.2) is 71.0 Å². The summed E-state index contributed by atoms with van der Waals surface area (Å²) in [5.74, 6) is -4.28. The van der Waals surface area contributed by atoms with Crippen LogP contribution in [0.5, 0.6) is 0 Å². The first kappa shape index (κ1) is 48.4. The number of para-hydroxylation sites is 1. The second-order valence-corrected chi connectivity index (χ2v) is 15.4. The molecule has 2 atom stereocenters. The number of carbonyl (C=O) groups is 7. The molecule has 0 bridgehead atoms. The molecule has 1 aromatic carbocycles. The van der Waals surface area contributed by atoms with Gasteiger partial charge in [0, 0.05) is 49.1 Å². The third-order valence-corrected chi connectivity index (χ3v) is 10.5. The van der Waals surface area contributed by atoms with E-state index in [1.54, 1.807) is 6.08 Å². The van der Waals surface area contributed by atoms with Gasteiger partial charge in [-0.25, -0.2) is 0 Å². The molecular weight excluding hydrogens is 787 g/mol. The van der Waals surface area contributed by atoms with Crippen molar-refractivity contribution >= 4 is 79.8 Å². The van der Waals surface area contributed by atoms with Crippen LogP contribution >= 0.6 is 21.6 Å². The largest absolute Gasteiger partial charge is 0.370 e. The van der Waals surface area contributed by atoms with Gasteiger partial charge in [-0.3, -0.25) is 38.6 Å². The lowest BCUT2D eigenvalue weighted by molar-refractivity contribution is -0.133. The highest BCUT2D eigenvalue weighted by Crippen LogP contribution is 2.23. The zero-order valence-corrected chi connectivity index (χ0v) is 34.9. The number of likely N-dealkylation sites (N-methyl/N-ethyl adjacent to an activating group) is 1. The number of allylic oxidation sites excluding steroid dienone is 5. The normalized spacial score (nSPS) is 19.4. The van der Waals surface area contributed by atoms with Gasteiger partial charge in [-0.05, 0) is 49.8 Å². The summed E-state index contributed by atoms with van der Waals surface area (Å²) in [5.41, 5.74) is 18.8. The van der Waals surface area contributed by atoms with Crippen molar-refractivity contribution < 1.29 is 33.6 Å². The van der Waals surface area contributed by atoms with Gasteiger partial charge in [-0.1, -0.05) is 71.0 Å². The number of carbonyl (C=O) groups excluding carboxylic acids is 7. The monoisotopic (exact) mass is 841 g/mol. The number of rotatable bonds is 6. The first-order valence-corrected chi connectivity index (χ1v) is 20.9. The first-order valence-electron chi connectivity index (χ1n) is 18.5. The van der Waals surface area contributed by atoms with Crippen LogP contribution in [0, 0.1) is 6.92 Å². The highest BCUT2D eigenvalue weighted by molar-refractivity contribution is 8.76. The van der Waals surface area contributed by atoms with Crippen molar-refractivity contribution in [1.82, 2.24) is 36.5 Å². The molecule has 18 nitrogen and oxygen atoms in total. The van der Waals surface area contributed by atoms with Crippen molar-refractivity contribution in [1.29, 1.82) is 0 Å². The number of nitrogens with two attached hydrogens (primary N) is 3. The molecule has 2 heterocycles. The lowest BCUT2D eigenvalue weighted by Crippen LogP contribution is -2.51. The fourth-order valence-electron chi connectivity index (χ4n) is 5.01. The van der Waals surface area contributed by atoms with E-state index in [4.69, 9.17) is 17.2 Å². The summed E-state index contributed by atoms with van der Waals surface area (Å²) in [6.07, 6.45) is 12.6. The Morgan fingerprint density at radius 3 is 2.29 bits per heavy atom. The molecule has 0 radical (unpaired) electrons. The molecule has 2 aromatic rings. The van der Waals surface area contributed by atoms with Crippen molar-refractivity contribution in [3.05, 3.63) is 71.6 Å². The topological polar surface area (TPSA) is 289 Å². The van der Waals surface area contributed by atoms with Crippen LogP contribution in [0.4, 0.5) is 0 Å². The van der Waals surface area contributed by atoms with Crippen molar-refractivity contribution in [3.63, 3.8) is 0 Å². The van der Waals surface area contributed by atoms with Crippen molar-refractivity contribution in [2.24, 2.45) is 22.2 Å². The molecule has 58 heavy (non-hydrogen) atoms. The number of nitrogens with zero attached hydrogens (tertiary/aromatic N) is 2. The van der Waals surface area contributed by atoms with E-state index in [0.717, 1.165) is 57.9 Å². The first-order chi connectivity index (χ1) is 27.6. The number of benzene rings is 1. The van der Waals surface area contributed by atoms with Crippen molar-refractivity contribution in [2.45, 2.75) is 58.5 Å². The summed E-state index contributed by atoms with van der Waals surface area (Å²) in [4.78, 5) is 94.8. The number of hydrogen-bond donors (Lipinski definition) is 9. The van der Waals surface area contributed by atoms with Gasteiger partial charge in [-0.2, -0.15) is 0 Å². The molecule has 20 heteroatoms. The number of aliphatic imine (C=N–C) groups is 1. The standard InChI is InChI=1S/C25H35N7O7S2.C9H9N.C4H11N3/c1-15(33)30-18-14-41-40-13-17(23(26)37)31-21(35)11-27-20(34)10-28-25(39)19(9-8-16-6-4-3-5-7-16)32(2)22(36)12-29-24(18)38;1-7-6-10-9-5-3-2-4-8(7)9;1-2-3-7-4(5)6/h4,6-7,9,17-18H,3,5,8,10-14H2,1-2H3,(H2,26,37)(H,27,34)(H,28,39)(H,29,38)(H,30,33)(H,31,35);2-6,10H,1H3;2-3H2,1H3,(H4,5,6,7). The average Bonchev–Trinajstić information content (AvgIpc) is 3.58. The Morgan fingerprint density at radius 1 is 0.966 bits per heavy atom. The zero-order valence-electron chi connectivity index (χ0n) is 33.2. The third-order valence-electron chi connectivity index (χ3n) is 8.08. The minimum atomic E-state index is -1.06. The van der Waals surface area contributed by atoms with E-state index in [-0.39, 0.29) is 23.2 Å². The summed E-state index contributed by atoms with van der Waals surface area (Å²) in [6, 6.07) is 6.24. The molecule has 0 spiro atoms. The number of guanidine groups is 1. The lowest BCUT2D eigenvalue weighted by Gasteiger charge is -2.22. The number of H-pyrrole nitrogens is 1. The van der Waals surface area contributed by atoms with Gasteiger partial charge >= 0.3 is 0 Å². The van der Waals surface area contributed by atoms with Gasteiger partial charge in [0.1, 0.15) is 17.8 Å². The predicted molar refractivity (Wildman–Crippen MR) is 229 cm³/mol. The van der Waals surface area contributed by atoms with Crippen LogP contribution < -0.4 is 43.8 Å². The van der Waals surface area contributed by atoms with Crippen LogP contribution in [-0.2, 0) is 33.6 Å². The molecule has 2 aliphatic rings. The second kappa shape index (κ2) is 26.2. The summed E-state index contributed by atoms with van der Waals surface area (Å²) >= 11 is 0. The Labute approximate surface area is 345 Å². The molecule has 12 N–H and O–H groups in total. The molecule has 4 rings (SSSR count). The summed E-state index contributed by atoms with van der Waals surface area (Å²) < 4.78 is 0. The highest BCUT2D eigenvalue weighted by atomic mass is 33.1. The van der Waals surface area contributed by atoms with Gasteiger partial charge in [0.15, 0.2) is 5.96 Å². The Bertz CT molecular complexity index is 1870. The van der Waals surface area contributed by atoms with E-state index >= 15 is 0 Å². The van der Waals surface area contributed by atoms with Crippen molar-refractivity contribution in [2.75, 3.05) is 44.7 Å². The zero-order chi connectivity index (χ0) is 43.0. The molecule has 1 aliphatic carbocycles. The maximum absolute atomic E-state index is 13.0. The van der Waals surface area contributed by atoms with Crippen LogP contribution in [0.3, 0.4) is 0 Å². The third kappa shape index (κ3) is 18.5. The van der Waals surface area contributed by atoms with Gasteiger partial charge in [-0.15, -0.1) is 0 Å². The molecule has 1 fully saturated rings. The van der Waals surface area contributed by atoms with E-state index in [9.17, 15) is 33.6 Å². The molecule has 1 aliphatic heterocycles. The van der Waals surface area contributed by atoms with E-state index in [2.05, 4.69) is 61.7 Å². The van der Waals surface area contributed by atoms with Gasteiger partial charge in [0.2, 0.25) is 35.4 Å². The highest BCUT2D eigenvalue weighted by Gasteiger charge is 2.25. The Balaban J connectivity index is 0.000000554. The Kier molecular flexibility index (Phi) is 21.9.